The summed E-state index contributed by atoms with van der Waals surface area (Å²) in [5, 5.41) is 5.78. The zero-order valence-electron chi connectivity index (χ0n) is 13.7. The molecule has 0 saturated heterocycles. The van der Waals surface area contributed by atoms with Crippen molar-refractivity contribution >= 4 is 17.3 Å². The molecule has 1 heterocycles. The standard InChI is InChI=1S/C19H17FN4O/c1-13-21-10-9-18(23-13)14-3-2-4-17(11-14)22-12-19(25)24-16-7-5-15(20)6-8-16/h2-11,22H,12H2,1H3,(H,24,25). The van der Waals surface area contributed by atoms with Crippen LogP contribution in [0.3, 0.4) is 0 Å². The first-order valence-electron chi connectivity index (χ1n) is 7.79. The summed E-state index contributed by atoms with van der Waals surface area (Å²) in [6, 6.07) is 15.1. The van der Waals surface area contributed by atoms with Crippen molar-refractivity contribution in [2.75, 3.05) is 17.2 Å². The second-order valence-corrected chi connectivity index (χ2v) is 5.48. The molecule has 6 heteroatoms. The van der Waals surface area contributed by atoms with Gasteiger partial charge in [-0.05, 0) is 49.4 Å². The van der Waals surface area contributed by atoms with Crippen molar-refractivity contribution in [3.63, 3.8) is 0 Å². The minimum atomic E-state index is -0.340. The third-order valence-electron chi connectivity index (χ3n) is 3.52. The Morgan fingerprint density at radius 1 is 1.08 bits per heavy atom. The van der Waals surface area contributed by atoms with E-state index >= 15 is 0 Å². The van der Waals surface area contributed by atoms with Crippen LogP contribution in [0.1, 0.15) is 5.82 Å². The first-order chi connectivity index (χ1) is 12.1. The fraction of sp³-hybridized carbons (Fsp3) is 0.105. The molecule has 0 fully saturated rings. The molecule has 0 spiro atoms. The molecule has 3 aromatic rings. The van der Waals surface area contributed by atoms with Crippen molar-refractivity contribution in [1.29, 1.82) is 0 Å². The van der Waals surface area contributed by atoms with Gasteiger partial charge in [-0.25, -0.2) is 14.4 Å². The van der Waals surface area contributed by atoms with Gasteiger partial charge in [-0.1, -0.05) is 12.1 Å². The summed E-state index contributed by atoms with van der Waals surface area (Å²) in [4.78, 5) is 20.5. The molecular weight excluding hydrogens is 319 g/mol. The molecule has 3 rings (SSSR count). The number of amides is 1. The van der Waals surface area contributed by atoms with Gasteiger partial charge in [-0.3, -0.25) is 4.79 Å². The van der Waals surface area contributed by atoms with E-state index in [1.54, 1.807) is 6.20 Å². The highest BCUT2D eigenvalue weighted by molar-refractivity contribution is 5.93. The largest absolute Gasteiger partial charge is 0.376 e. The van der Waals surface area contributed by atoms with Crippen LogP contribution >= 0.6 is 0 Å². The third kappa shape index (κ3) is 4.60. The normalized spacial score (nSPS) is 10.3. The summed E-state index contributed by atoms with van der Waals surface area (Å²) in [6.45, 7) is 1.94. The van der Waals surface area contributed by atoms with Crippen LogP contribution in [0.15, 0.2) is 60.8 Å². The molecular formula is C19H17FN4O. The van der Waals surface area contributed by atoms with Crippen LogP contribution in [0.5, 0.6) is 0 Å². The van der Waals surface area contributed by atoms with E-state index in [2.05, 4.69) is 20.6 Å². The number of hydrogen-bond donors (Lipinski definition) is 2. The Balaban J connectivity index is 1.62. The Hall–Kier alpha value is -3.28. The van der Waals surface area contributed by atoms with E-state index in [1.165, 1.54) is 24.3 Å². The van der Waals surface area contributed by atoms with Crippen LogP contribution in [-0.2, 0) is 4.79 Å². The molecule has 2 N–H and O–H groups in total. The van der Waals surface area contributed by atoms with Crippen LogP contribution in [0, 0.1) is 12.7 Å². The summed E-state index contributed by atoms with van der Waals surface area (Å²) < 4.78 is 12.9. The van der Waals surface area contributed by atoms with Gasteiger partial charge in [0, 0.05) is 23.1 Å². The molecule has 0 aliphatic heterocycles. The van der Waals surface area contributed by atoms with Crippen molar-refractivity contribution in [3.8, 4) is 11.3 Å². The minimum absolute atomic E-state index is 0.101. The van der Waals surface area contributed by atoms with Gasteiger partial charge in [0.15, 0.2) is 0 Å². The zero-order valence-corrected chi connectivity index (χ0v) is 13.7. The van der Waals surface area contributed by atoms with Gasteiger partial charge in [0.1, 0.15) is 11.6 Å². The van der Waals surface area contributed by atoms with E-state index in [0.29, 0.717) is 11.5 Å². The highest BCUT2D eigenvalue weighted by Crippen LogP contribution is 2.20. The van der Waals surface area contributed by atoms with Gasteiger partial charge >= 0.3 is 0 Å². The summed E-state index contributed by atoms with van der Waals surface area (Å²) in [7, 11) is 0. The van der Waals surface area contributed by atoms with Crippen LogP contribution in [0.25, 0.3) is 11.3 Å². The maximum Gasteiger partial charge on any atom is 0.243 e. The lowest BCUT2D eigenvalue weighted by atomic mass is 10.1. The molecule has 25 heavy (non-hydrogen) atoms. The lowest BCUT2D eigenvalue weighted by molar-refractivity contribution is -0.114. The molecule has 0 atom stereocenters. The first-order valence-corrected chi connectivity index (χ1v) is 7.79. The summed E-state index contributed by atoms with van der Waals surface area (Å²) >= 11 is 0. The number of benzene rings is 2. The van der Waals surface area contributed by atoms with Gasteiger partial charge in [0.05, 0.1) is 12.2 Å². The number of nitrogens with one attached hydrogen (secondary N) is 2. The fourth-order valence-corrected chi connectivity index (χ4v) is 2.33. The van der Waals surface area contributed by atoms with Crippen molar-refractivity contribution in [1.82, 2.24) is 9.97 Å². The molecule has 0 unspecified atom stereocenters. The first kappa shape index (κ1) is 16.6. The van der Waals surface area contributed by atoms with Crippen molar-refractivity contribution in [2.24, 2.45) is 0 Å². The predicted molar refractivity (Wildman–Crippen MR) is 95.7 cm³/mol. The second kappa shape index (κ2) is 7.53. The summed E-state index contributed by atoms with van der Waals surface area (Å²) in [5.41, 5.74) is 3.13. The molecule has 0 saturated carbocycles. The van der Waals surface area contributed by atoms with Gasteiger partial charge in [0.2, 0.25) is 5.91 Å². The highest BCUT2D eigenvalue weighted by atomic mass is 19.1. The van der Waals surface area contributed by atoms with E-state index < -0.39 is 0 Å². The van der Waals surface area contributed by atoms with E-state index in [0.717, 1.165) is 16.9 Å². The van der Waals surface area contributed by atoms with E-state index in [9.17, 15) is 9.18 Å². The van der Waals surface area contributed by atoms with Gasteiger partial charge < -0.3 is 10.6 Å². The molecule has 5 nitrogen and oxygen atoms in total. The number of halogens is 1. The maximum absolute atomic E-state index is 12.9. The average Bonchev–Trinajstić information content (AvgIpc) is 2.62. The van der Waals surface area contributed by atoms with Crippen molar-refractivity contribution < 1.29 is 9.18 Å². The van der Waals surface area contributed by atoms with Crippen LogP contribution in [0.2, 0.25) is 0 Å². The van der Waals surface area contributed by atoms with Crippen LogP contribution < -0.4 is 10.6 Å². The average molecular weight is 336 g/mol. The Kier molecular flexibility index (Phi) is 4.99. The number of hydrogen-bond acceptors (Lipinski definition) is 4. The highest BCUT2D eigenvalue weighted by Gasteiger charge is 2.05. The SMILES string of the molecule is Cc1nccc(-c2cccc(NCC(=O)Nc3ccc(F)cc3)c2)n1. The number of aromatic nitrogens is 2. The Morgan fingerprint density at radius 2 is 1.88 bits per heavy atom. The van der Waals surface area contributed by atoms with Crippen molar-refractivity contribution in [2.45, 2.75) is 6.92 Å². The smallest absolute Gasteiger partial charge is 0.243 e. The second-order valence-electron chi connectivity index (χ2n) is 5.48. The topological polar surface area (TPSA) is 66.9 Å². The quantitative estimate of drug-likeness (QED) is 0.746. The molecule has 0 aliphatic carbocycles. The van der Waals surface area contributed by atoms with E-state index in [4.69, 9.17) is 0 Å². The maximum atomic E-state index is 12.9. The fourth-order valence-electron chi connectivity index (χ4n) is 2.33. The number of carbonyl (C=O) groups excluding carboxylic acids is 1. The number of nitrogens with zero attached hydrogens (tertiary/aromatic N) is 2. The van der Waals surface area contributed by atoms with Gasteiger partial charge in [-0.15, -0.1) is 0 Å². The Morgan fingerprint density at radius 3 is 2.64 bits per heavy atom. The lowest BCUT2D eigenvalue weighted by Gasteiger charge is -2.09. The molecule has 1 aromatic heterocycles. The van der Waals surface area contributed by atoms with Gasteiger partial charge in [-0.2, -0.15) is 0 Å². The van der Waals surface area contributed by atoms with Crippen molar-refractivity contribution in [3.05, 3.63) is 72.4 Å². The minimum Gasteiger partial charge on any atom is -0.376 e. The Bertz CT molecular complexity index is 881. The summed E-state index contributed by atoms with van der Waals surface area (Å²) in [6.07, 6.45) is 1.72. The molecule has 0 bridgehead atoms. The van der Waals surface area contributed by atoms with Crippen LogP contribution in [-0.4, -0.2) is 22.4 Å². The molecule has 1 amide bonds. The number of aryl methyl sites for hydroxylation is 1. The number of anilines is 2. The molecule has 0 aliphatic rings. The van der Waals surface area contributed by atoms with E-state index in [-0.39, 0.29) is 18.3 Å². The zero-order chi connectivity index (χ0) is 17.6. The number of rotatable bonds is 5. The molecule has 2 aromatic carbocycles. The monoisotopic (exact) mass is 336 g/mol. The van der Waals surface area contributed by atoms with Crippen LogP contribution in [0.4, 0.5) is 15.8 Å². The summed E-state index contributed by atoms with van der Waals surface area (Å²) in [5.74, 6) is 0.150. The molecule has 0 radical (unpaired) electrons. The van der Waals surface area contributed by atoms with E-state index in [1.807, 2.05) is 37.3 Å². The third-order valence-corrected chi connectivity index (χ3v) is 3.52. The van der Waals surface area contributed by atoms with Gasteiger partial charge in [0.25, 0.3) is 0 Å². The number of carbonyl (C=O) groups is 1. The predicted octanol–water partition coefficient (Wildman–Crippen LogP) is 3.64. The Labute approximate surface area is 145 Å². The molecule has 126 valence electrons. The lowest BCUT2D eigenvalue weighted by Crippen LogP contribution is -2.21.